The summed E-state index contributed by atoms with van der Waals surface area (Å²) in [5.41, 5.74) is 0.853. The zero-order chi connectivity index (χ0) is 15.8. The summed E-state index contributed by atoms with van der Waals surface area (Å²) >= 11 is 2.20. The first kappa shape index (κ1) is 15.9. The van der Waals surface area contributed by atoms with Gasteiger partial charge >= 0.3 is 5.97 Å². The number of rotatable bonds is 5. The lowest BCUT2D eigenvalue weighted by atomic mass is 10.3. The summed E-state index contributed by atoms with van der Waals surface area (Å²) in [4.78, 5) is 16.5. The maximum Gasteiger partial charge on any atom is 0.345 e. The molecule has 2 N–H and O–H groups in total. The first-order valence-electron chi connectivity index (χ1n) is 6.07. The second-order valence-electron chi connectivity index (χ2n) is 4.32. The number of nitrogens with zero attached hydrogens (tertiary/aromatic N) is 1. The predicted octanol–water partition coefficient (Wildman–Crippen LogP) is 2.88. The van der Waals surface area contributed by atoms with Gasteiger partial charge in [0.05, 0.1) is 5.69 Å². The predicted molar refractivity (Wildman–Crippen MR) is 83.1 cm³/mol. The SMILES string of the molecule is CCc1nc(NS(=O)(=O)c2cc(C(=O)O)sc2C)sc1C. The Kier molecular flexibility index (Phi) is 4.35. The molecule has 0 radical (unpaired) electrons. The largest absolute Gasteiger partial charge is 0.477 e. The summed E-state index contributed by atoms with van der Waals surface area (Å²) in [5.74, 6) is -1.14. The second-order valence-corrected chi connectivity index (χ2v) is 8.43. The highest BCUT2D eigenvalue weighted by molar-refractivity contribution is 7.93. The number of aryl methyl sites for hydroxylation is 3. The Morgan fingerprint density at radius 3 is 2.48 bits per heavy atom. The van der Waals surface area contributed by atoms with E-state index in [0.29, 0.717) is 10.0 Å². The molecule has 114 valence electrons. The topological polar surface area (TPSA) is 96.4 Å². The minimum Gasteiger partial charge on any atom is -0.477 e. The van der Waals surface area contributed by atoms with Crippen LogP contribution in [0.15, 0.2) is 11.0 Å². The molecule has 0 aliphatic carbocycles. The summed E-state index contributed by atoms with van der Waals surface area (Å²) in [5, 5.41) is 9.23. The number of carbonyl (C=O) groups is 1. The lowest BCUT2D eigenvalue weighted by Gasteiger charge is -2.03. The van der Waals surface area contributed by atoms with Gasteiger partial charge in [-0.15, -0.1) is 22.7 Å². The van der Waals surface area contributed by atoms with Crippen LogP contribution in [0.4, 0.5) is 5.13 Å². The molecular formula is C12H14N2O4S3. The van der Waals surface area contributed by atoms with Crippen LogP contribution in [0.3, 0.4) is 0 Å². The minimum absolute atomic E-state index is 0.00237. The van der Waals surface area contributed by atoms with Crippen LogP contribution in [0.2, 0.25) is 0 Å². The zero-order valence-corrected chi connectivity index (χ0v) is 14.1. The van der Waals surface area contributed by atoms with Gasteiger partial charge in [-0.3, -0.25) is 4.72 Å². The standard InChI is InChI=1S/C12H14N2O4S3/c1-4-8-6(2)20-12(13-8)14-21(17,18)10-5-9(11(15)16)19-7(10)3/h5H,4H2,1-3H3,(H,13,14)(H,15,16). The monoisotopic (exact) mass is 346 g/mol. The third-order valence-electron chi connectivity index (χ3n) is 2.82. The van der Waals surface area contributed by atoms with E-state index in [9.17, 15) is 13.2 Å². The van der Waals surface area contributed by atoms with Gasteiger partial charge in [-0.1, -0.05) is 6.92 Å². The number of carboxylic acid groups (broad SMARTS) is 1. The van der Waals surface area contributed by atoms with Crippen molar-refractivity contribution >= 4 is 43.8 Å². The van der Waals surface area contributed by atoms with Crippen molar-refractivity contribution in [1.29, 1.82) is 0 Å². The normalized spacial score (nSPS) is 11.6. The number of hydrogen-bond acceptors (Lipinski definition) is 6. The van der Waals surface area contributed by atoms with Crippen LogP contribution in [0.5, 0.6) is 0 Å². The Morgan fingerprint density at radius 2 is 2.00 bits per heavy atom. The number of thiophene rings is 1. The summed E-state index contributed by atoms with van der Waals surface area (Å²) in [6, 6.07) is 1.17. The fourth-order valence-corrected chi connectivity index (χ4v) is 5.38. The molecular weight excluding hydrogens is 332 g/mol. The van der Waals surface area contributed by atoms with Gasteiger partial charge in [0, 0.05) is 9.75 Å². The van der Waals surface area contributed by atoms with E-state index in [2.05, 4.69) is 9.71 Å². The number of carboxylic acids is 1. The molecule has 0 atom stereocenters. The molecule has 0 aliphatic rings. The van der Waals surface area contributed by atoms with Gasteiger partial charge in [-0.25, -0.2) is 18.2 Å². The van der Waals surface area contributed by atoms with E-state index >= 15 is 0 Å². The average molecular weight is 346 g/mol. The minimum atomic E-state index is -3.82. The molecule has 0 aliphatic heterocycles. The maximum absolute atomic E-state index is 12.3. The fourth-order valence-electron chi connectivity index (χ4n) is 1.81. The summed E-state index contributed by atoms with van der Waals surface area (Å²) in [7, 11) is -3.82. The highest BCUT2D eigenvalue weighted by Gasteiger charge is 2.23. The van der Waals surface area contributed by atoms with Crippen LogP contribution in [0.1, 0.15) is 32.0 Å². The van der Waals surface area contributed by atoms with Gasteiger partial charge < -0.3 is 5.11 Å². The molecule has 0 bridgehead atoms. The van der Waals surface area contributed by atoms with E-state index in [-0.39, 0.29) is 9.77 Å². The number of anilines is 1. The third kappa shape index (κ3) is 3.25. The first-order chi connectivity index (χ1) is 9.74. The lowest BCUT2D eigenvalue weighted by Crippen LogP contribution is -2.13. The van der Waals surface area contributed by atoms with Gasteiger partial charge in [0.2, 0.25) is 0 Å². The molecule has 0 fully saturated rings. The van der Waals surface area contributed by atoms with Gasteiger partial charge in [0.25, 0.3) is 10.0 Å². The summed E-state index contributed by atoms with van der Waals surface area (Å²) < 4.78 is 27.1. The van der Waals surface area contributed by atoms with Crippen molar-refractivity contribution < 1.29 is 18.3 Å². The summed E-state index contributed by atoms with van der Waals surface area (Å²) in [6.07, 6.45) is 0.727. The van der Waals surface area contributed by atoms with Crippen LogP contribution in [-0.4, -0.2) is 24.5 Å². The number of nitrogens with one attached hydrogen (secondary N) is 1. The molecule has 9 heteroatoms. The van der Waals surface area contributed by atoms with E-state index in [1.165, 1.54) is 17.4 Å². The van der Waals surface area contributed by atoms with Crippen molar-refractivity contribution in [3.05, 3.63) is 26.4 Å². The van der Waals surface area contributed by atoms with Gasteiger partial charge in [0.1, 0.15) is 9.77 Å². The molecule has 0 spiro atoms. The average Bonchev–Trinajstić information content (AvgIpc) is 2.92. The van der Waals surface area contributed by atoms with Crippen LogP contribution in [-0.2, 0) is 16.4 Å². The van der Waals surface area contributed by atoms with Crippen LogP contribution in [0.25, 0.3) is 0 Å². The Hall–Kier alpha value is -1.45. The number of sulfonamides is 1. The number of hydrogen-bond donors (Lipinski definition) is 2. The Morgan fingerprint density at radius 1 is 1.33 bits per heavy atom. The number of aromatic nitrogens is 1. The van der Waals surface area contributed by atoms with Crippen molar-refractivity contribution in [2.75, 3.05) is 4.72 Å². The van der Waals surface area contributed by atoms with Crippen LogP contribution >= 0.6 is 22.7 Å². The number of thiazole rings is 1. The molecule has 0 aromatic carbocycles. The van der Waals surface area contributed by atoms with Crippen molar-refractivity contribution in [2.45, 2.75) is 32.1 Å². The Labute approximate surface area is 130 Å². The Bertz CT molecular complexity index is 790. The van der Waals surface area contributed by atoms with E-state index in [1.54, 1.807) is 6.92 Å². The van der Waals surface area contributed by atoms with Crippen molar-refractivity contribution in [1.82, 2.24) is 4.98 Å². The molecule has 2 heterocycles. The summed E-state index contributed by atoms with van der Waals surface area (Å²) in [6.45, 7) is 5.41. The molecule has 21 heavy (non-hydrogen) atoms. The van der Waals surface area contributed by atoms with Gasteiger partial charge in [-0.2, -0.15) is 0 Å². The third-order valence-corrected chi connectivity index (χ3v) is 6.51. The van der Waals surface area contributed by atoms with E-state index in [0.717, 1.165) is 28.3 Å². The first-order valence-corrected chi connectivity index (χ1v) is 9.19. The van der Waals surface area contributed by atoms with Crippen LogP contribution < -0.4 is 4.72 Å². The maximum atomic E-state index is 12.3. The van der Waals surface area contributed by atoms with Gasteiger partial charge in [-0.05, 0) is 26.3 Å². The molecule has 2 aromatic rings. The van der Waals surface area contributed by atoms with E-state index in [1.807, 2.05) is 13.8 Å². The van der Waals surface area contributed by atoms with E-state index < -0.39 is 16.0 Å². The highest BCUT2D eigenvalue weighted by Crippen LogP contribution is 2.29. The zero-order valence-electron chi connectivity index (χ0n) is 11.6. The van der Waals surface area contributed by atoms with Gasteiger partial charge in [0.15, 0.2) is 5.13 Å². The molecule has 0 unspecified atom stereocenters. The van der Waals surface area contributed by atoms with Crippen molar-refractivity contribution in [2.24, 2.45) is 0 Å². The Balaban J connectivity index is 2.35. The molecule has 6 nitrogen and oxygen atoms in total. The van der Waals surface area contributed by atoms with E-state index in [4.69, 9.17) is 5.11 Å². The fraction of sp³-hybridized carbons (Fsp3) is 0.333. The van der Waals surface area contributed by atoms with Crippen molar-refractivity contribution in [3.63, 3.8) is 0 Å². The quantitative estimate of drug-likeness (QED) is 0.868. The smallest absolute Gasteiger partial charge is 0.345 e. The molecule has 0 amide bonds. The molecule has 0 saturated heterocycles. The van der Waals surface area contributed by atoms with Crippen molar-refractivity contribution in [3.8, 4) is 0 Å². The molecule has 2 aromatic heterocycles. The second kappa shape index (κ2) is 5.74. The lowest BCUT2D eigenvalue weighted by molar-refractivity contribution is 0.0702. The molecule has 0 saturated carbocycles. The highest BCUT2D eigenvalue weighted by atomic mass is 32.2. The van der Waals surface area contributed by atoms with Crippen LogP contribution in [0, 0.1) is 13.8 Å². The molecule has 2 rings (SSSR count). The number of aromatic carboxylic acids is 1.